The van der Waals surface area contributed by atoms with E-state index in [1.807, 2.05) is 0 Å². The van der Waals surface area contributed by atoms with E-state index in [9.17, 15) is 18.0 Å². The van der Waals surface area contributed by atoms with Crippen LogP contribution in [-0.4, -0.2) is 26.2 Å². The fraction of sp³-hybridized carbons (Fsp3) is 0.462. The molecule has 0 heterocycles. The van der Waals surface area contributed by atoms with Crippen molar-refractivity contribution in [2.75, 3.05) is 14.2 Å². The van der Waals surface area contributed by atoms with Gasteiger partial charge in [0.2, 0.25) is 5.78 Å². The lowest BCUT2D eigenvalue weighted by Gasteiger charge is -2.25. The van der Waals surface area contributed by atoms with Crippen molar-refractivity contribution in [3.05, 3.63) is 23.8 Å². The van der Waals surface area contributed by atoms with Crippen molar-refractivity contribution < 1.29 is 27.4 Å². The Bertz CT molecular complexity index is 456. The van der Waals surface area contributed by atoms with E-state index >= 15 is 0 Å². The third-order valence-electron chi connectivity index (χ3n) is 2.90. The zero-order valence-electron chi connectivity index (χ0n) is 11.1. The fourth-order valence-corrected chi connectivity index (χ4v) is 1.65. The van der Waals surface area contributed by atoms with Gasteiger partial charge in [0.25, 0.3) is 0 Å². The van der Waals surface area contributed by atoms with E-state index in [1.54, 1.807) is 0 Å². The normalized spacial score (nSPS) is 12.2. The number of rotatable bonds is 4. The summed E-state index contributed by atoms with van der Waals surface area (Å²) in [5.74, 6) is -1.15. The largest absolute Gasteiger partial charge is 0.497 e. The van der Waals surface area contributed by atoms with Gasteiger partial charge in [-0.3, -0.25) is 4.79 Å². The lowest BCUT2D eigenvalue weighted by atomic mass is 9.80. The van der Waals surface area contributed by atoms with Crippen molar-refractivity contribution in [2.24, 2.45) is 0 Å². The van der Waals surface area contributed by atoms with Crippen molar-refractivity contribution in [2.45, 2.75) is 25.4 Å². The molecule has 1 rings (SSSR count). The molecule has 1 aromatic carbocycles. The molecule has 0 bridgehead atoms. The van der Waals surface area contributed by atoms with Gasteiger partial charge in [0.1, 0.15) is 11.5 Å². The van der Waals surface area contributed by atoms with E-state index in [0.29, 0.717) is 11.5 Å². The monoisotopic (exact) mass is 276 g/mol. The molecule has 3 nitrogen and oxygen atoms in total. The van der Waals surface area contributed by atoms with Crippen molar-refractivity contribution in [1.82, 2.24) is 0 Å². The Hall–Kier alpha value is -1.72. The number of methoxy groups -OCH3 is 2. The Morgan fingerprint density at radius 3 is 1.74 bits per heavy atom. The van der Waals surface area contributed by atoms with E-state index in [1.165, 1.54) is 46.3 Å². The predicted molar refractivity (Wildman–Crippen MR) is 63.6 cm³/mol. The van der Waals surface area contributed by atoms with Crippen LogP contribution in [0.25, 0.3) is 0 Å². The maximum Gasteiger partial charge on any atom is 0.450 e. The lowest BCUT2D eigenvalue weighted by molar-refractivity contribution is -0.176. The summed E-state index contributed by atoms with van der Waals surface area (Å²) in [4.78, 5) is 11.5. The third kappa shape index (κ3) is 3.19. The van der Waals surface area contributed by atoms with Crippen LogP contribution in [0.2, 0.25) is 0 Å². The third-order valence-corrected chi connectivity index (χ3v) is 2.90. The van der Waals surface area contributed by atoms with Gasteiger partial charge in [0, 0.05) is 6.07 Å². The van der Waals surface area contributed by atoms with Gasteiger partial charge in [-0.05, 0) is 31.5 Å². The van der Waals surface area contributed by atoms with Crippen LogP contribution in [0, 0.1) is 0 Å². The highest BCUT2D eigenvalue weighted by Gasteiger charge is 2.48. The number of benzene rings is 1. The number of hydrogen-bond donors (Lipinski definition) is 0. The first-order valence-corrected chi connectivity index (χ1v) is 5.48. The average Bonchev–Trinajstić information content (AvgIpc) is 2.35. The van der Waals surface area contributed by atoms with Crippen LogP contribution in [0.15, 0.2) is 18.2 Å². The Kier molecular flexibility index (Phi) is 4.12. The van der Waals surface area contributed by atoms with Gasteiger partial charge in [-0.25, -0.2) is 0 Å². The number of ether oxygens (including phenoxy) is 2. The first-order chi connectivity index (χ1) is 8.62. The SMILES string of the molecule is COc1cc(OC)cc(C(C)(C)C(=O)C(F)(F)F)c1. The maximum atomic E-state index is 12.6. The minimum atomic E-state index is -4.89. The molecule has 0 spiro atoms. The molecule has 0 saturated carbocycles. The highest BCUT2D eigenvalue weighted by molar-refractivity contribution is 5.94. The number of hydrogen-bond acceptors (Lipinski definition) is 3. The van der Waals surface area contributed by atoms with Crippen LogP contribution >= 0.6 is 0 Å². The van der Waals surface area contributed by atoms with E-state index in [0.717, 1.165) is 0 Å². The van der Waals surface area contributed by atoms with Crippen molar-refractivity contribution in [3.63, 3.8) is 0 Å². The second kappa shape index (κ2) is 5.11. The van der Waals surface area contributed by atoms with E-state index < -0.39 is 17.4 Å². The first-order valence-electron chi connectivity index (χ1n) is 5.48. The summed E-state index contributed by atoms with van der Waals surface area (Å²) in [6, 6.07) is 4.32. The van der Waals surface area contributed by atoms with E-state index in [-0.39, 0.29) is 5.56 Å². The van der Waals surface area contributed by atoms with E-state index in [4.69, 9.17) is 9.47 Å². The average molecular weight is 276 g/mol. The number of carbonyl (C=O) groups excluding carboxylic acids is 1. The van der Waals surface area contributed by atoms with Crippen molar-refractivity contribution >= 4 is 5.78 Å². The summed E-state index contributed by atoms with van der Waals surface area (Å²) < 4.78 is 47.7. The molecule has 0 amide bonds. The highest BCUT2D eigenvalue weighted by Crippen LogP contribution is 2.36. The van der Waals surface area contributed by atoms with Crippen LogP contribution < -0.4 is 9.47 Å². The second-order valence-corrected chi connectivity index (χ2v) is 4.55. The van der Waals surface area contributed by atoms with Crippen LogP contribution in [0.4, 0.5) is 13.2 Å². The summed E-state index contributed by atoms with van der Waals surface area (Å²) in [7, 11) is 2.77. The molecule has 0 fully saturated rings. The summed E-state index contributed by atoms with van der Waals surface area (Å²) in [6.07, 6.45) is -4.89. The molecule has 1 aromatic rings. The molecule has 0 aromatic heterocycles. The van der Waals surface area contributed by atoms with Gasteiger partial charge in [-0.2, -0.15) is 13.2 Å². The Morgan fingerprint density at radius 2 is 1.42 bits per heavy atom. The molecule has 19 heavy (non-hydrogen) atoms. The molecule has 0 aliphatic rings. The molecule has 0 unspecified atom stereocenters. The zero-order chi connectivity index (χ0) is 14.8. The number of ketones is 1. The van der Waals surface area contributed by atoms with Crippen LogP contribution in [0.1, 0.15) is 19.4 Å². The topological polar surface area (TPSA) is 35.5 Å². The second-order valence-electron chi connectivity index (χ2n) is 4.55. The van der Waals surface area contributed by atoms with Gasteiger partial charge in [0.15, 0.2) is 0 Å². The molecule has 106 valence electrons. The Morgan fingerprint density at radius 1 is 1.00 bits per heavy atom. The minimum Gasteiger partial charge on any atom is -0.497 e. The van der Waals surface area contributed by atoms with Gasteiger partial charge >= 0.3 is 6.18 Å². The standard InChI is InChI=1S/C13H15F3O3/c1-12(2,11(17)13(14,15)16)8-5-9(18-3)7-10(6-8)19-4/h5-7H,1-4H3. The van der Waals surface area contributed by atoms with Gasteiger partial charge in [-0.15, -0.1) is 0 Å². The van der Waals surface area contributed by atoms with Crippen molar-refractivity contribution in [3.8, 4) is 11.5 Å². The lowest BCUT2D eigenvalue weighted by Crippen LogP contribution is -2.40. The van der Waals surface area contributed by atoms with Crippen LogP contribution in [-0.2, 0) is 10.2 Å². The summed E-state index contributed by atoms with van der Waals surface area (Å²) >= 11 is 0. The van der Waals surface area contributed by atoms with Gasteiger partial charge in [0.05, 0.1) is 19.6 Å². The maximum absolute atomic E-state index is 12.6. The predicted octanol–water partition coefficient (Wildman–Crippen LogP) is 3.11. The summed E-state index contributed by atoms with van der Waals surface area (Å²) in [5, 5.41) is 0. The zero-order valence-corrected chi connectivity index (χ0v) is 11.1. The quantitative estimate of drug-likeness (QED) is 0.847. The number of Topliss-reactive ketones (excluding diaryl/α,β-unsaturated/α-hetero) is 1. The Labute approximate surface area is 109 Å². The van der Waals surface area contributed by atoms with Crippen molar-refractivity contribution in [1.29, 1.82) is 0 Å². The molecule has 6 heteroatoms. The molecule has 0 radical (unpaired) electrons. The Balaban J connectivity index is 3.31. The number of alkyl halides is 3. The summed E-state index contributed by atoms with van der Waals surface area (Å²) in [6.45, 7) is 2.44. The highest BCUT2D eigenvalue weighted by atomic mass is 19.4. The molecule has 0 N–H and O–H groups in total. The molecular weight excluding hydrogens is 261 g/mol. The molecular formula is C13H15F3O3. The fourth-order valence-electron chi connectivity index (χ4n) is 1.65. The smallest absolute Gasteiger partial charge is 0.450 e. The molecule has 0 saturated heterocycles. The molecule has 0 aliphatic heterocycles. The molecule has 0 atom stereocenters. The van der Waals surface area contributed by atoms with Crippen LogP contribution in [0.5, 0.6) is 11.5 Å². The van der Waals surface area contributed by atoms with Gasteiger partial charge < -0.3 is 9.47 Å². The van der Waals surface area contributed by atoms with Crippen LogP contribution in [0.3, 0.4) is 0 Å². The minimum absolute atomic E-state index is 0.186. The summed E-state index contributed by atoms with van der Waals surface area (Å²) in [5.41, 5.74) is -1.52. The number of carbonyl (C=O) groups is 1. The van der Waals surface area contributed by atoms with E-state index in [2.05, 4.69) is 0 Å². The number of halogens is 3. The first kappa shape index (κ1) is 15.3. The molecule has 0 aliphatic carbocycles. The van der Waals surface area contributed by atoms with Gasteiger partial charge in [-0.1, -0.05) is 0 Å².